The second kappa shape index (κ2) is 8.26. The molecule has 0 fully saturated rings. The van der Waals surface area contributed by atoms with E-state index in [-0.39, 0.29) is 11.7 Å². The van der Waals surface area contributed by atoms with Crippen molar-refractivity contribution in [2.45, 2.75) is 12.0 Å². The number of pyridine rings is 1. The smallest absolute Gasteiger partial charge is 0.128 e. The molecule has 2 aromatic carbocycles. The summed E-state index contributed by atoms with van der Waals surface area (Å²) in [7, 11) is 0. The van der Waals surface area contributed by atoms with Crippen molar-refractivity contribution in [1.29, 1.82) is 0 Å². The Morgan fingerprint density at radius 1 is 1.07 bits per heavy atom. The Balaban J connectivity index is 1.87. The molecular formula is C22H16Cl2FNOS. The van der Waals surface area contributed by atoms with Crippen molar-refractivity contribution in [2.24, 2.45) is 0 Å². The van der Waals surface area contributed by atoms with Gasteiger partial charge in [-0.25, -0.2) is 4.39 Å². The number of hydrogen-bond acceptors (Lipinski definition) is 3. The van der Waals surface area contributed by atoms with Crippen molar-refractivity contribution in [1.82, 2.24) is 4.98 Å². The van der Waals surface area contributed by atoms with E-state index < -0.39 is 6.10 Å². The molecule has 6 heteroatoms. The van der Waals surface area contributed by atoms with Crippen LogP contribution in [0.3, 0.4) is 0 Å². The minimum atomic E-state index is -0.905. The van der Waals surface area contributed by atoms with Crippen LogP contribution in [0.2, 0.25) is 10.0 Å². The third-order valence-electron chi connectivity index (χ3n) is 4.75. The highest BCUT2D eigenvalue weighted by atomic mass is 35.5. The van der Waals surface area contributed by atoms with E-state index in [1.165, 1.54) is 6.07 Å². The molecule has 0 aliphatic carbocycles. The molecule has 1 N–H and O–H groups in total. The van der Waals surface area contributed by atoms with Crippen molar-refractivity contribution in [3.05, 3.63) is 105 Å². The van der Waals surface area contributed by atoms with Crippen LogP contribution in [0, 0.1) is 5.82 Å². The first-order chi connectivity index (χ1) is 13.5. The molecule has 1 aliphatic heterocycles. The largest absolute Gasteiger partial charge is 0.384 e. The molecule has 1 aromatic heterocycles. The molecule has 3 aromatic rings. The van der Waals surface area contributed by atoms with Crippen LogP contribution >= 0.6 is 35.0 Å². The third-order valence-corrected chi connectivity index (χ3v) is 6.48. The molecule has 2 nitrogen and oxygen atoms in total. The fourth-order valence-electron chi connectivity index (χ4n) is 3.45. The first-order valence-corrected chi connectivity index (χ1v) is 10.4. The van der Waals surface area contributed by atoms with Crippen molar-refractivity contribution in [2.75, 3.05) is 5.75 Å². The van der Waals surface area contributed by atoms with Crippen molar-refractivity contribution in [3.8, 4) is 0 Å². The predicted molar refractivity (Wildman–Crippen MR) is 114 cm³/mol. The van der Waals surface area contributed by atoms with Gasteiger partial charge in [0.05, 0.1) is 0 Å². The molecule has 0 radical (unpaired) electrons. The number of aromatic nitrogens is 1. The van der Waals surface area contributed by atoms with Crippen LogP contribution in [0.1, 0.15) is 28.7 Å². The lowest BCUT2D eigenvalue weighted by molar-refractivity contribution is 0.210. The summed E-state index contributed by atoms with van der Waals surface area (Å²) in [5, 5.41) is 12.2. The number of aliphatic hydroxyl groups excluding tert-OH is 1. The highest BCUT2D eigenvalue weighted by Crippen LogP contribution is 2.52. The van der Waals surface area contributed by atoms with E-state index in [1.54, 1.807) is 48.4 Å². The van der Waals surface area contributed by atoms with Gasteiger partial charge in [0.2, 0.25) is 0 Å². The average Bonchev–Trinajstić information content (AvgIpc) is 3.13. The molecule has 0 saturated heterocycles. The fourth-order valence-corrected chi connectivity index (χ4v) is 5.21. The molecule has 0 amide bonds. The van der Waals surface area contributed by atoms with E-state index in [2.05, 4.69) is 4.98 Å². The molecule has 0 bridgehead atoms. The van der Waals surface area contributed by atoms with Crippen molar-refractivity contribution in [3.63, 3.8) is 0 Å². The standard InChI is InChI=1S/C22H16Cl2FNOS/c23-15-5-1-3-13(9-15)22-20(21(27)14-4-2-8-26-11-14)18(12-28-22)17-7-6-16(24)10-19(17)25/h1-11,18,21,27H,12H2. The number of benzene rings is 2. The van der Waals surface area contributed by atoms with Crippen LogP contribution in [0.15, 0.2) is 72.6 Å². The van der Waals surface area contributed by atoms with Gasteiger partial charge in [0.25, 0.3) is 0 Å². The molecule has 4 rings (SSSR count). The maximum absolute atomic E-state index is 14.7. The van der Waals surface area contributed by atoms with Gasteiger partial charge in [0, 0.05) is 44.6 Å². The molecular weight excluding hydrogens is 416 g/mol. The molecule has 142 valence electrons. The van der Waals surface area contributed by atoms with E-state index in [0.29, 0.717) is 26.9 Å². The minimum absolute atomic E-state index is 0.286. The van der Waals surface area contributed by atoms with E-state index >= 15 is 0 Å². The predicted octanol–water partition coefficient (Wildman–Crippen LogP) is 6.50. The van der Waals surface area contributed by atoms with Gasteiger partial charge in [0.1, 0.15) is 11.9 Å². The van der Waals surface area contributed by atoms with Gasteiger partial charge in [-0.2, -0.15) is 0 Å². The van der Waals surface area contributed by atoms with Gasteiger partial charge in [-0.15, -0.1) is 11.8 Å². The topological polar surface area (TPSA) is 33.1 Å². The normalized spacial score (nSPS) is 17.8. The average molecular weight is 432 g/mol. The summed E-state index contributed by atoms with van der Waals surface area (Å²) < 4.78 is 14.7. The zero-order valence-electron chi connectivity index (χ0n) is 14.6. The van der Waals surface area contributed by atoms with Crippen LogP contribution in [0.25, 0.3) is 4.91 Å². The molecule has 2 unspecified atom stereocenters. The van der Waals surface area contributed by atoms with Gasteiger partial charge in [0.15, 0.2) is 0 Å². The first-order valence-electron chi connectivity index (χ1n) is 8.70. The summed E-state index contributed by atoms with van der Waals surface area (Å²) in [6, 6.07) is 15.8. The van der Waals surface area contributed by atoms with Gasteiger partial charge < -0.3 is 5.11 Å². The first kappa shape index (κ1) is 19.5. The number of thioether (sulfide) groups is 1. The van der Waals surface area contributed by atoms with E-state index in [9.17, 15) is 9.50 Å². The molecule has 2 heterocycles. The molecule has 0 saturated carbocycles. The maximum atomic E-state index is 14.7. The lowest BCUT2D eigenvalue weighted by Crippen LogP contribution is -2.12. The number of hydrogen-bond donors (Lipinski definition) is 1. The Morgan fingerprint density at radius 2 is 1.89 bits per heavy atom. The zero-order valence-corrected chi connectivity index (χ0v) is 17.0. The van der Waals surface area contributed by atoms with Gasteiger partial charge >= 0.3 is 0 Å². The summed E-state index contributed by atoms with van der Waals surface area (Å²) >= 11 is 13.7. The van der Waals surface area contributed by atoms with Crippen LogP contribution in [0.5, 0.6) is 0 Å². The lowest BCUT2D eigenvalue weighted by atomic mass is 9.85. The molecule has 2 atom stereocenters. The Morgan fingerprint density at radius 3 is 2.61 bits per heavy atom. The molecule has 28 heavy (non-hydrogen) atoms. The van der Waals surface area contributed by atoms with Gasteiger partial charge in [-0.3, -0.25) is 4.98 Å². The van der Waals surface area contributed by atoms with E-state index in [1.807, 2.05) is 24.3 Å². The van der Waals surface area contributed by atoms with Crippen LogP contribution in [-0.2, 0) is 0 Å². The summed E-state index contributed by atoms with van der Waals surface area (Å²) in [6.07, 6.45) is 2.38. The third kappa shape index (κ3) is 3.83. The highest BCUT2D eigenvalue weighted by Gasteiger charge is 2.35. The summed E-state index contributed by atoms with van der Waals surface area (Å²) in [5.41, 5.74) is 2.85. The van der Waals surface area contributed by atoms with E-state index in [0.717, 1.165) is 16.0 Å². The van der Waals surface area contributed by atoms with Crippen LogP contribution in [-0.4, -0.2) is 15.8 Å². The van der Waals surface area contributed by atoms with Crippen LogP contribution < -0.4 is 0 Å². The second-order valence-electron chi connectivity index (χ2n) is 6.51. The molecule has 1 aliphatic rings. The Kier molecular flexibility index (Phi) is 5.74. The second-order valence-corrected chi connectivity index (χ2v) is 8.42. The zero-order chi connectivity index (χ0) is 19.7. The monoisotopic (exact) mass is 431 g/mol. The van der Waals surface area contributed by atoms with Gasteiger partial charge in [-0.05, 0) is 47.0 Å². The van der Waals surface area contributed by atoms with Crippen LogP contribution in [0.4, 0.5) is 4.39 Å². The Labute approximate surface area is 177 Å². The fraction of sp³-hybridized carbons (Fsp3) is 0.136. The Hall–Kier alpha value is -1.85. The SMILES string of the molecule is OC(C1=C(c2cccc(Cl)c2)SCC1c1ccc(Cl)cc1F)c1cccnc1. The van der Waals surface area contributed by atoms with Crippen molar-refractivity contribution < 1.29 is 9.50 Å². The lowest BCUT2D eigenvalue weighted by Gasteiger charge is -2.22. The number of rotatable bonds is 4. The van der Waals surface area contributed by atoms with E-state index in [4.69, 9.17) is 23.2 Å². The number of halogens is 3. The van der Waals surface area contributed by atoms with Crippen molar-refractivity contribution >= 4 is 39.9 Å². The molecule has 0 spiro atoms. The number of aliphatic hydroxyl groups is 1. The summed E-state index contributed by atoms with van der Waals surface area (Å²) in [6.45, 7) is 0. The van der Waals surface area contributed by atoms with Gasteiger partial charge in [-0.1, -0.05) is 47.5 Å². The highest BCUT2D eigenvalue weighted by molar-refractivity contribution is 8.08. The quantitative estimate of drug-likeness (QED) is 0.511. The minimum Gasteiger partial charge on any atom is -0.384 e. The number of nitrogens with zero attached hydrogens (tertiary/aromatic N) is 1. The maximum Gasteiger partial charge on any atom is 0.128 e. The summed E-state index contributed by atoms with van der Waals surface area (Å²) in [4.78, 5) is 5.03. The summed E-state index contributed by atoms with van der Waals surface area (Å²) in [5.74, 6) is -0.0413. The Bertz CT molecular complexity index is 1040.